The van der Waals surface area contributed by atoms with Crippen LogP contribution in [0.4, 0.5) is 5.82 Å². The van der Waals surface area contributed by atoms with Crippen LogP contribution in [-0.2, 0) is 16.2 Å². The molecule has 3 rings (SSSR count). The second kappa shape index (κ2) is 5.67. The standard InChI is InChI=1S/C14H21N3OS/c1-18-12(9-5-3-2-4-6-9)14-16-11-8-19-7-10(11)13(15)17-14/h9,12H,2-8H2,1H3,(H2,15,16,17). The van der Waals surface area contributed by atoms with Gasteiger partial charge >= 0.3 is 0 Å². The Morgan fingerprint density at radius 1 is 1.21 bits per heavy atom. The number of hydrogen-bond acceptors (Lipinski definition) is 5. The van der Waals surface area contributed by atoms with Gasteiger partial charge in [-0.1, -0.05) is 19.3 Å². The summed E-state index contributed by atoms with van der Waals surface area (Å²) in [6, 6.07) is 0. The molecule has 1 fully saturated rings. The number of methoxy groups -OCH3 is 1. The molecule has 2 aliphatic rings. The fourth-order valence-corrected chi connectivity index (χ4v) is 4.22. The molecule has 0 spiro atoms. The molecule has 19 heavy (non-hydrogen) atoms. The number of ether oxygens (including phenoxy) is 1. The number of fused-ring (bicyclic) bond motifs is 1. The van der Waals surface area contributed by atoms with Gasteiger partial charge in [0.25, 0.3) is 0 Å². The minimum absolute atomic E-state index is 0.0125. The summed E-state index contributed by atoms with van der Waals surface area (Å²) < 4.78 is 5.70. The van der Waals surface area contributed by atoms with E-state index < -0.39 is 0 Å². The Morgan fingerprint density at radius 2 is 2.00 bits per heavy atom. The highest BCUT2D eigenvalue weighted by molar-refractivity contribution is 7.98. The smallest absolute Gasteiger partial charge is 0.160 e. The summed E-state index contributed by atoms with van der Waals surface area (Å²) in [5.41, 5.74) is 8.32. The van der Waals surface area contributed by atoms with E-state index in [4.69, 9.17) is 15.5 Å². The van der Waals surface area contributed by atoms with Crippen LogP contribution in [0.25, 0.3) is 0 Å². The summed E-state index contributed by atoms with van der Waals surface area (Å²) in [6.07, 6.45) is 6.37. The number of aromatic nitrogens is 2. The maximum atomic E-state index is 6.07. The maximum absolute atomic E-state index is 6.07. The number of nitrogen functional groups attached to an aromatic ring is 1. The molecule has 2 N–H and O–H groups in total. The highest BCUT2D eigenvalue weighted by Gasteiger charge is 2.29. The van der Waals surface area contributed by atoms with Gasteiger partial charge in [-0.15, -0.1) is 0 Å². The van der Waals surface area contributed by atoms with Gasteiger partial charge in [0.15, 0.2) is 5.82 Å². The average molecular weight is 279 g/mol. The van der Waals surface area contributed by atoms with Gasteiger partial charge in [0.1, 0.15) is 11.9 Å². The van der Waals surface area contributed by atoms with Gasteiger partial charge in [-0.25, -0.2) is 9.97 Å². The normalized spacial score (nSPS) is 21.3. The fraction of sp³-hybridized carbons (Fsp3) is 0.714. The maximum Gasteiger partial charge on any atom is 0.160 e. The Morgan fingerprint density at radius 3 is 2.74 bits per heavy atom. The molecular formula is C14H21N3OS. The summed E-state index contributed by atoms with van der Waals surface area (Å²) in [5, 5.41) is 0. The Hall–Kier alpha value is -0.810. The van der Waals surface area contributed by atoms with Gasteiger partial charge in [0.2, 0.25) is 0 Å². The van der Waals surface area contributed by atoms with Crippen LogP contribution in [0.2, 0.25) is 0 Å². The Balaban J connectivity index is 1.88. The van der Waals surface area contributed by atoms with E-state index in [1.807, 2.05) is 11.8 Å². The molecule has 0 saturated heterocycles. The van der Waals surface area contributed by atoms with Gasteiger partial charge in [0, 0.05) is 24.2 Å². The summed E-state index contributed by atoms with van der Waals surface area (Å²) >= 11 is 1.86. The van der Waals surface area contributed by atoms with E-state index in [0.717, 1.165) is 28.6 Å². The Kier molecular flexibility index (Phi) is 3.93. The van der Waals surface area contributed by atoms with Crippen molar-refractivity contribution in [1.29, 1.82) is 0 Å². The molecular weight excluding hydrogens is 258 g/mol. The second-order valence-electron chi connectivity index (χ2n) is 5.44. The van der Waals surface area contributed by atoms with E-state index in [0.29, 0.717) is 11.7 Å². The summed E-state index contributed by atoms with van der Waals surface area (Å²) in [6.45, 7) is 0. The first-order chi connectivity index (χ1) is 9.29. The molecule has 5 heteroatoms. The predicted octanol–water partition coefficient (Wildman–Crippen LogP) is 3.07. The minimum Gasteiger partial charge on any atom is -0.383 e. The van der Waals surface area contributed by atoms with Crippen molar-refractivity contribution in [2.24, 2.45) is 5.92 Å². The zero-order valence-corrected chi connectivity index (χ0v) is 12.2. The van der Waals surface area contributed by atoms with E-state index in [2.05, 4.69) is 4.98 Å². The van der Waals surface area contributed by atoms with Crippen molar-refractivity contribution in [1.82, 2.24) is 9.97 Å². The second-order valence-corrected chi connectivity index (χ2v) is 6.43. The van der Waals surface area contributed by atoms with E-state index in [1.54, 1.807) is 7.11 Å². The first-order valence-corrected chi connectivity index (χ1v) is 8.20. The molecule has 1 saturated carbocycles. The summed E-state index contributed by atoms with van der Waals surface area (Å²) in [7, 11) is 1.76. The van der Waals surface area contributed by atoms with Gasteiger partial charge in [-0.2, -0.15) is 11.8 Å². The largest absolute Gasteiger partial charge is 0.383 e. The average Bonchev–Trinajstić information content (AvgIpc) is 2.90. The van der Waals surface area contributed by atoms with Gasteiger partial charge < -0.3 is 10.5 Å². The molecule has 1 aliphatic heterocycles. The number of anilines is 1. The minimum atomic E-state index is 0.0125. The monoisotopic (exact) mass is 279 g/mol. The fourth-order valence-electron chi connectivity index (χ4n) is 3.17. The topological polar surface area (TPSA) is 61.0 Å². The highest BCUT2D eigenvalue weighted by atomic mass is 32.2. The highest BCUT2D eigenvalue weighted by Crippen LogP contribution is 2.38. The molecule has 1 aromatic heterocycles. The molecule has 2 heterocycles. The lowest BCUT2D eigenvalue weighted by Gasteiger charge is -2.28. The van der Waals surface area contributed by atoms with Gasteiger partial charge in [-0.05, 0) is 18.8 Å². The molecule has 1 aliphatic carbocycles. The van der Waals surface area contributed by atoms with Gasteiger partial charge in [-0.3, -0.25) is 0 Å². The molecule has 0 radical (unpaired) electrons. The summed E-state index contributed by atoms with van der Waals surface area (Å²) in [4.78, 5) is 9.24. The van der Waals surface area contributed by atoms with Crippen LogP contribution >= 0.6 is 11.8 Å². The van der Waals surface area contributed by atoms with Crippen molar-refractivity contribution in [2.45, 2.75) is 49.7 Å². The number of thioether (sulfide) groups is 1. The van der Waals surface area contributed by atoms with Crippen LogP contribution in [0.1, 0.15) is 55.3 Å². The molecule has 0 amide bonds. The first-order valence-electron chi connectivity index (χ1n) is 7.05. The summed E-state index contributed by atoms with van der Waals surface area (Å²) in [5.74, 6) is 3.90. The zero-order chi connectivity index (χ0) is 13.2. The first kappa shape index (κ1) is 13.2. The lowest BCUT2D eigenvalue weighted by atomic mass is 9.85. The quantitative estimate of drug-likeness (QED) is 0.921. The molecule has 1 aromatic rings. The van der Waals surface area contributed by atoms with Crippen molar-refractivity contribution in [3.63, 3.8) is 0 Å². The van der Waals surface area contributed by atoms with Crippen LogP contribution in [0, 0.1) is 5.92 Å². The number of nitrogens with zero attached hydrogens (tertiary/aromatic N) is 2. The third-order valence-corrected chi connectivity index (χ3v) is 5.18. The van der Waals surface area contributed by atoms with Crippen molar-refractivity contribution >= 4 is 17.6 Å². The number of rotatable bonds is 3. The number of nitrogens with two attached hydrogens (primary N) is 1. The van der Waals surface area contributed by atoms with Crippen LogP contribution in [0.3, 0.4) is 0 Å². The van der Waals surface area contributed by atoms with Crippen LogP contribution in [0.15, 0.2) is 0 Å². The van der Waals surface area contributed by atoms with E-state index >= 15 is 0 Å². The van der Waals surface area contributed by atoms with Crippen LogP contribution < -0.4 is 5.73 Å². The zero-order valence-electron chi connectivity index (χ0n) is 11.4. The third kappa shape index (κ3) is 2.58. The van der Waals surface area contributed by atoms with E-state index in [1.165, 1.54) is 32.1 Å². The van der Waals surface area contributed by atoms with Crippen molar-refractivity contribution < 1.29 is 4.74 Å². The third-order valence-electron chi connectivity index (χ3n) is 4.21. The molecule has 104 valence electrons. The van der Waals surface area contributed by atoms with Crippen molar-refractivity contribution in [3.05, 3.63) is 17.1 Å². The Labute approximate surface area is 118 Å². The molecule has 0 aromatic carbocycles. The molecule has 1 unspecified atom stereocenters. The van der Waals surface area contributed by atoms with Crippen LogP contribution in [-0.4, -0.2) is 17.1 Å². The van der Waals surface area contributed by atoms with E-state index in [-0.39, 0.29) is 6.10 Å². The SMILES string of the molecule is COC(c1nc(N)c2c(n1)CSC2)C1CCCCC1. The van der Waals surface area contributed by atoms with E-state index in [9.17, 15) is 0 Å². The van der Waals surface area contributed by atoms with Gasteiger partial charge in [0.05, 0.1) is 5.69 Å². The van der Waals surface area contributed by atoms with Crippen molar-refractivity contribution in [2.75, 3.05) is 12.8 Å². The number of hydrogen-bond donors (Lipinski definition) is 1. The molecule has 1 atom stereocenters. The predicted molar refractivity (Wildman–Crippen MR) is 77.8 cm³/mol. The molecule has 0 bridgehead atoms. The van der Waals surface area contributed by atoms with Crippen molar-refractivity contribution in [3.8, 4) is 0 Å². The van der Waals surface area contributed by atoms with Crippen LogP contribution in [0.5, 0.6) is 0 Å². The molecule has 4 nitrogen and oxygen atoms in total. The lowest BCUT2D eigenvalue weighted by molar-refractivity contribution is 0.0289. The lowest BCUT2D eigenvalue weighted by Crippen LogP contribution is -2.21. The Bertz CT molecular complexity index is 460.